The summed E-state index contributed by atoms with van der Waals surface area (Å²) in [6.45, 7) is 1.26. The minimum atomic E-state index is -0.378. The monoisotopic (exact) mass is 433 g/mol. The van der Waals surface area contributed by atoms with Crippen LogP contribution in [0.15, 0.2) is 53.9 Å². The number of nitro benzene ring substituents is 1. The summed E-state index contributed by atoms with van der Waals surface area (Å²) in [5, 5.41) is 22.1. The Labute approximate surface area is 181 Å². The van der Waals surface area contributed by atoms with Gasteiger partial charge in [-0.3, -0.25) is 20.0 Å². The number of amides is 1. The molecule has 4 aromatic rings. The number of thiazole rings is 1. The summed E-state index contributed by atoms with van der Waals surface area (Å²) in [5.41, 5.74) is 2.54. The number of aromatic amines is 1. The van der Waals surface area contributed by atoms with Crippen molar-refractivity contribution in [3.63, 3.8) is 0 Å². The van der Waals surface area contributed by atoms with Crippen LogP contribution in [0, 0.1) is 10.1 Å². The number of rotatable bonds is 4. The second-order valence-corrected chi connectivity index (χ2v) is 8.42. The molecule has 1 amide bonds. The summed E-state index contributed by atoms with van der Waals surface area (Å²) in [7, 11) is 0. The molecule has 9 heteroatoms. The summed E-state index contributed by atoms with van der Waals surface area (Å²) in [5.74, 6) is 0.178. The Balaban J connectivity index is 1.29. The molecular formula is C22H19N5O3S. The first-order valence-electron chi connectivity index (χ1n) is 10.0. The van der Waals surface area contributed by atoms with Gasteiger partial charge < -0.3 is 4.90 Å². The number of nitrogens with zero attached hydrogens (tertiary/aromatic N) is 4. The van der Waals surface area contributed by atoms with Crippen LogP contribution in [0.25, 0.3) is 22.2 Å². The number of nitrogens with one attached hydrogen (secondary N) is 1. The molecule has 0 saturated carbocycles. The number of aromatic nitrogens is 3. The highest BCUT2D eigenvalue weighted by Crippen LogP contribution is 2.36. The summed E-state index contributed by atoms with van der Waals surface area (Å²) >= 11 is 1.53. The molecule has 0 aliphatic carbocycles. The molecule has 31 heavy (non-hydrogen) atoms. The Kier molecular flexibility index (Phi) is 4.95. The first-order valence-corrected chi connectivity index (χ1v) is 10.9. The van der Waals surface area contributed by atoms with Crippen molar-refractivity contribution in [2.75, 3.05) is 13.1 Å². The van der Waals surface area contributed by atoms with Crippen molar-refractivity contribution in [2.24, 2.45) is 0 Å². The normalized spacial score (nSPS) is 14.8. The van der Waals surface area contributed by atoms with E-state index >= 15 is 0 Å². The molecular weight excluding hydrogens is 414 g/mol. The van der Waals surface area contributed by atoms with Crippen LogP contribution >= 0.6 is 11.3 Å². The van der Waals surface area contributed by atoms with Crippen molar-refractivity contribution in [2.45, 2.75) is 18.8 Å². The number of nitro groups is 1. The standard InChI is InChI=1S/C22H19N5O3S/c28-22(20-16-6-1-3-7-17(16)24-25-20)26-11-9-14(10-12-26)21-23-18(13-31-21)15-5-2-4-8-19(15)27(29)30/h1-8,13-14H,9-12H2,(H,24,25). The molecule has 156 valence electrons. The quantitative estimate of drug-likeness (QED) is 0.374. The van der Waals surface area contributed by atoms with Gasteiger partial charge >= 0.3 is 0 Å². The van der Waals surface area contributed by atoms with Gasteiger partial charge in [0, 0.05) is 35.8 Å². The second-order valence-electron chi connectivity index (χ2n) is 7.53. The molecule has 2 aromatic carbocycles. The molecule has 1 fully saturated rings. The molecule has 0 spiro atoms. The third-order valence-electron chi connectivity index (χ3n) is 5.70. The lowest BCUT2D eigenvalue weighted by molar-refractivity contribution is -0.384. The predicted molar refractivity (Wildman–Crippen MR) is 118 cm³/mol. The highest BCUT2D eigenvalue weighted by molar-refractivity contribution is 7.10. The number of carbonyl (C=O) groups excluding carboxylic acids is 1. The van der Waals surface area contributed by atoms with Crippen molar-refractivity contribution < 1.29 is 9.72 Å². The number of para-hydroxylation sites is 2. The smallest absolute Gasteiger partial charge is 0.278 e. The molecule has 1 aliphatic heterocycles. The van der Waals surface area contributed by atoms with E-state index in [9.17, 15) is 14.9 Å². The molecule has 2 aromatic heterocycles. The van der Waals surface area contributed by atoms with E-state index in [4.69, 9.17) is 4.98 Å². The number of likely N-dealkylation sites (tertiary alicyclic amines) is 1. The van der Waals surface area contributed by atoms with Gasteiger partial charge in [-0.15, -0.1) is 11.3 Å². The lowest BCUT2D eigenvalue weighted by atomic mass is 9.97. The molecule has 3 heterocycles. The van der Waals surface area contributed by atoms with Crippen molar-refractivity contribution in [1.29, 1.82) is 0 Å². The fourth-order valence-corrected chi connectivity index (χ4v) is 5.05. The fraction of sp³-hybridized carbons (Fsp3) is 0.227. The third kappa shape index (κ3) is 3.57. The Bertz CT molecular complexity index is 1270. The van der Waals surface area contributed by atoms with E-state index in [0.29, 0.717) is 30.0 Å². The number of H-pyrrole nitrogens is 1. The van der Waals surface area contributed by atoms with Crippen LogP contribution in [-0.4, -0.2) is 44.0 Å². The largest absolute Gasteiger partial charge is 0.337 e. The highest BCUT2D eigenvalue weighted by atomic mass is 32.1. The fourth-order valence-electron chi connectivity index (χ4n) is 4.05. The first-order chi connectivity index (χ1) is 15.1. The van der Waals surface area contributed by atoms with Crippen LogP contribution in [0.2, 0.25) is 0 Å². The van der Waals surface area contributed by atoms with Crippen LogP contribution in [-0.2, 0) is 0 Å². The topological polar surface area (TPSA) is 105 Å². The van der Waals surface area contributed by atoms with Crippen molar-refractivity contribution in [1.82, 2.24) is 20.1 Å². The van der Waals surface area contributed by atoms with Crippen LogP contribution in [0.4, 0.5) is 5.69 Å². The van der Waals surface area contributed by atoms with Crippen molar-refractivity contribution in [3.05, 3.63) is 74.7 Å². The van der Waals surface area contributed by atoms with Gasteiger partial charge in [-0.05, 0) is 25.0 Å². The molecule has 8 nitrogen and oxygen atoms in total. The first kappa shape index (κ1) is 19.4. The summed E-state index contributed by atoms with van der Waals surface area (Å²) in [6.07, 6.45) is 1.61. The third-order valence-corrected chi connectivity index (χ3v) is 6.71. The number of hydrogen-bond acceptors (Lipinski definition) is 6. The molecule has 1 aliphatic rings. The molecule has 1 N–H and O–H groups in total. The van der Waals surface area contributed by atoms with Crippen molar-refractivity contribution >= 4 is 33.8 Å². The number of benzene rings is 2. The number of piperidine rings is 1. The van der Waals surface area contributed by atoms with Gasteiger partial charge in [-0.25, -0.2) is 4.98 Å². The number of carbonyl (C=O) groups is 1. The van der Waals surface area contributed by atoms with Gasteiger partial charge in [0.2, 0.25) is 0 Å². The van der Waals surface area contributed by atoms with Gasteiger partial charge in [0.15, 0.2) is 5.69 Å². The van der Waals surface area contributed by atoms with E-state index in [0.717, 1.165) is 28.8 Å². The van der Waals surface area contributed by atoms with Crippen LogP contribution in [0.3, 0.4) is 0 Å². The second kappa shape index (κ2) is 7.92. The highest BCUT2D eigenvalue weighted by Gasteiger charge is 2.28. The molecule has 0 bridgehead atoms. The SMILES string of the molecule is O=C(c1n[nH]c2ccccc12)N1CCC(c2nc(-c3ccccc3[N+](=O)[O-])cs2)CC1. The Morgan fingerprint density at radius 1 is 1.13 bits per heavy atom. The van der Waals surface area contributed by atoms with Crippen LogP contribution in [0.1, 0.15) is 34.3 Å². The lowest BCUT2D eigenvalue weighted by Gasteiger charge is -2.30. The summed E-state index contributed by atoms with van der Waals surface area (Å²) < 4.78 is 0. The van der Waals surface area contributed by atoms with E-state index in [1.54, 1.807) is 18.2 Å². The van der Waals surface area contributed by atoms with Gasteiger partial charge in [0.1, 0.15) is 0 Å². The van der Waals surface area contributed by atoms with Gasteiger partial charge in [-0.2, -0.15) is 5.10 Å². The Morgan fingerprint density at radius 2 is 1.87 bits per heavy atom. The van der Waals surface area contributed by atoms with E-state index in [1.807, 2.05) is 34.5 Å². The van der Waals surface area contributed by atoms with Crippen molar-refractivity contribution in [3.8, 4) is 11.3 Å². The maximum Gasteiger partial charge on any atom is 0.278 e. The van der Waals surface area contributed by atoms with E-state index in [1.165, 1.54) is 17.4 Å². The number of fused-ring (bicyclic) bond motifs is 1. The Morgan fingerprint density at radius 3 is 2.68 bits per heavy atom. The van der Waals surface area contributed by atoms with Crippen LogP contribution in [0.5, 0.6) is 0 Å². The predicted octanol–water partition coefficient (Wildman–Crippen LogP) is 4.61. The molecule has 0 radical (unpaired) electrons. The molecule has 0 unspecified atom stereocenters. The zero-order chi connectivity index (χ0) is 21.4. The number of hydrogen-bond donors (Lipinski definition) is 1. The van der Waals surface area contributed by atoms with Gasteiger partial charge in [-0.1, -0.05) is 30.3 Å². The Hall–Kier alpha value is -3.59. The van der Waals surface area contributed by atoms with Gasteiger partial charge in [0.25, 0.3) is 11.6 Å². The zero-order valence-corrected chi connectivity index (χ0v) is 17.3. The lowest BCUT2D eigenvalue weighted by Crippen LogP contribution is -2.38. The minimum absolute atomic E-state index is 0.0596. The summed E-state index contributed by atoms with van der Waals surface area (Å²) in [6, 6.07) is 14.3. The maximum absolute atomic E-state index is 13.0. The minimum Gasteiger partial charge on any atom is -0.337 e. The van der Waals surface area contributed by atoms with E-state index in [-0.39, 0.29) is 22.4 Å². The average molecular weight is 433 g/mol. The molecule has 0 atom stereocenters. The van der Waals surface area contributed by atoms with E-state index in [2.05, 4.69) is 10.2 Å². The molecule has 1 saturated heterocycles. The van der Waals surface area contributed by atoms with Gasteiger partial charge in [0.05, 0.1) is 26.7 Å². The van der Waals surface area contributed by atoms with E-state index < -0.39 is 0 Å². The molecule has 5 rings (SSSR count). The van der Waals surface area contributed by atoms with Crippen LogP contribution < -0.4 is 0 Å². The summed E-state index contributed by atoms with van der Waals surface area (Å²) in [4.78, 5) is 30.5. The zero-order valence-electron chi connectivity index (χ0n) is 16.5. The maximum atomic E-state index is 13.0. The average Bonchev–Trinajstić information content (AvgIpc) is 3.46.